The number of fused-ring (bicyclic) bond motifs is 1. The van der Waals surface area contributed by atoms with Crippen molar-refractivity contribution in [3.05, 3.63) is 77.6 Å². The van der Waals surface area contributed by atoms with Crippen LogP contribution in [0.5, 0.6) is 0 Å². The van der Waals surface area contributed by atoms with E-state index in [2.05, 4.69) is 29.2 Å². The second-order valence-electron chi connectivity index (χ2n) is 8.53. The van der Waals surface area contributed by atoms with E-state index in [1.165, 1.54) is 12.1 Å². The number of halogens is 1. The zero-order chi connectivity index (χ0) is 21.4. The minimum Gasteiger partial charge on any atom is -0.389 e. The van der Waals surface area contributed by atoms with E-state index < -0.39 is 11.9 Å². The van der Waals surface area contributed by atoms with Gasteiger partial charge in [0.1, 0.15) is 5.82 Å². The van der Waals surface area contributed by atoms with Crippen LogP contribution in [0.2, 0.25) is 0 Å². The maximum absolute atomic E-state index is 13.5. The van der Waals surface area contributed by atoms with Gasteiger partial charge in [0.15, 0.2) is 5.79 Å². The van der Waals surface area contributed by atoms with E-state index >= 15 is 0 Å². The van der Waals surface area contributed by atoms with E-state index in [9.17, 15) is 9.50 Å². The van der Waals surface area contributed by atoms with Crippen LogP contribution in [-0.4, -0.2) is 31.4 Å². The van der Waals surface area contributed by atoms with Crippen LogP contribution in [0.1, 0.15) is 37.0 Å². The molecule has 0 bridgehead atoms. The van der Waals surface area contributed by atoms with Crippen molar-refractivity contribution < 1.29 is 19.0 Å². The Morgan fingerprint density at radius 3 is 2.32 bits per heavy atom. The SMILES string of the molecule is C[C@@H](O)c1c(N2CCC(C3(c4ccc(F)cc4)OCCO3)CC2)ccc2ccccc12. The van der Waals surface area contributed by atoms with Crippen molar-refractivity contribution in [2.45, 2.75) is 31.7 Å². The largest absolute Gasteiger partial charge is 0.389 e. The van der Waals surface area contributed by atoms with Crippen LogP contribution >= 0.6 is 0 Å². The molecule has 2 aliphatic rings. The molecule has 0 spiro atoms. The van der Waals surface area contributed by atoms with Gasteiger partial charge in [0, 0.05) is 35.8 Å². The number of rotatable bonds is 4. The highest BCUT2D eigenvalue weighted by molar-refractivity contribution is 5.90. The van der Waals surface area contributed by atoms with Crippen molar-refractivity contribution in [2.75, 3.05) is 31.2 Å². The first kappa shape index (κ1) is 20.4. The molecule has 162 valence electrons. The van der Waals surface area contributed by atoms with Crippen molar-refractivity contribution in [2.24, 2.45) is 5.92 Å². The Morgan fingerprint density at radius 2 is 1.65 bits per heavy atom. The molecule has 0 saturated carbocycles. The van der Waals surface area contributed by atoms with E-state index in [0.29, 0.717) is 13.2 Å². The predicted octanol–water partition coefficient (Wildman–Crippen LogP) is 5.15. The van der Waals surface area contributed by atoms with Gasteiger partial charge in [-0.3, -0.25) is 0 Å². The van der Waals surface area contributed by atoms with E-state index in [0.717, 1.165) is 53.5 Å². The minimum absolute atomic E-state index is 0.187. The number of hydrogen-bond donors (Lipinski definition) is 1. The number of aliphatic hydroxyl groups is 1. The Morgan fingerprint density at radius 1 is 0.968 bits per heavy atom. The Hall–Kier alpha value is -2.47. The van der Waals surface area contributed by atoms with Gasteiger partial charge in [0.25, 0.3) is 0 Å². The van der Waals surface area contributed by atoms with Gasteiger partial charge in [-0.2, -0.15) is 0 Å². The van der Waals surface area contributed by atoms with Crippen LogP contribution in [0, 0.1) is 11.7 Å². The van der Waals surface area contributed by atoms with Gasteiger partial charge < -0.3 is 19.5 Å². The molecule has 3 aromatic rings. The van der Waals surface area contributed by atoms with E-state index in [-0.39, 0.29) is 11.7 Å². The molecule has 0 aromatic heterocycles. The summed E-state index contributed by atoms with van der Waals surface area (Å²) in [5, 5.41) is 12.8. The molecule has 2 fully saturated rings. The Labute approximate surface area is 182 Å². The number of nitrogens with zero attached hydrogens (tertiary/aromatic N) is 1. The summed E-state index contributed by atoms with van der Waals surface area (Å²) >= 11 is 0. The molecular formula is C26H28FNO3. The van der Waals surface area contributed by atoms with Crippen LogP contribution < -0.4 is 4.90 Å². The average molecular weight is 422 g/mol. The number of piperidine rings is 1. The van der Waals surface area contributed by atoms with Crippen LogP contribution in [0.4, 0.5) is 10.1 Å². The van der Waals surface area contributed by atoms with E-state index in [1.807, 2.05) is 19.1 Å². The van der Waals surface area contributed by atoms with Crippen molar-refractivity contribution in [1.82, 2.24) is 0 Å². The number of aliphatic hydroxyl groups excluding tert-OH is 1. The van der Waals surface area contributed by atoms with Gasteiger partial charge in [0.05, 0.1) is 19.3 Å². The number of anilines is 1. The fourth-order valence-electron chi connectivity index (χ4n) is 5.25. The van der Waals surface area contributed by atoms with E-state index in [1.54, 1.807) is 12.1 Å². The molecule has 0 unspecified atom stereocenters. The monoisotopic (exact) mass is 421 g/mol. The molecule has 5 heteroatoms. The molecule has 31 heavy (non-hydrogen) atoms. The third kappa shape index (κ3) is 3.61. The minimum atomic E-state index is -0.795. The van der Waals surface area contributed by atoms with Gasteiger partial charge >= 0.3 is 0 Å². The summed E-state index contributed by atoms with van der Waals surface area (Å²) < 4.78 is 25.8. The topological polar surface area (TPSA) is 41.9 Å². The van der Waals surface area contributed by atoms with Crippen molar-refractivity contribution in [1.29, 1.82) is 0 Å². The lowest BCUT2D eigenvalue weighted by Crippen LogP contribution is -2.44. The molecule has 2 heterocycles. The normalized spacial score (nSPS) is 20.3. The smallest absolute Gasteiger partial charge is 0.197 e. The Bertz CT molecular complexity index is 1050. The summed E-state index contributed by atoms with van der Waals surface area (Å²) in [6, 6.07) is 19.0. The molecule has 5 rings (SSSR count). The quantitative estimate of drug-likeness (QED) is 0.633. The number of hydrogen-bond acceptors (Lipinski definition) is 4. The zero-order valence-electron chi connectivity index (χ0n) is 17.8. The summed E-state index contributed by atoms with van der Waals surface area (Å²) in [6.07, 6.45) is 1.23. The zero-order valence-corrected chi connectivity index (χ0v) is 17.8. The lowest BCUT2D eigenvalue weighted by molar-refractivity contribution is -0.209. The summed E-state index contributed by atoms with van der Waals surface area (Å²) in [5.41, 5.74) is 2.97. The molecule has 4 nitrogen and oxygen atoms in total. The molecule has 1 atom stereocenters. The van der Waals surface area contributed by atoms with Gasteiger partial charge in [-0.05, 0) is 48.7 Å². The van der Waals surface area contributed by atoms with E-state index in [4.69, 9.17) is 9.47 Å². The van der Waals surface area contributed by atoms with Crippen molar-refractivity contribution in [3.63, 3.8) is 0 Å². The van der Waals surface area contributed by atoms with Crippen molar-refractivity contribution >= 4 is 16.5 Å². The number of benzene rings is 3. The highest BCUT2D eigenvalue weighted by Crippen LogP contribution is 2.45. The highest BCUT2D eigenvalue weighted by Gasteiger charge is 2.47. The maximum atomic E-state index is 13.5. The number of ether oxygens (including phenoxy) is 2. The van der Waals surface area contributed by atoms with Gasteiger partial charge in [-0.15, -0.1) is 0 Å². The fraction of sp³-hybridized carbons (Fsp3) is 0.385. The van der Waals surface area contributed by atoms with Gasteiger partial charge in [0.2, 0.25) is 0 Å². The fourth-order valence-corrected chi connectivity index (χ4v) is 5.25. The molecule has 0 amide bonds. The lowest BCUT2D eigenvalue weighted by Gasteiger charge is -2.42. The molecule has 3 aromatic carbocycles. The first-order valence-corrected chi connectivity index (χ1v) is 11.1. The first-order chi connectivity index (χ1) is 15.1. The molecular weight excluding hydrogens is 393 g/mol. The molecule has 1 N–H and O–H groups in total. The van der Waals surface area contributed by atoms with Crippen molar-refractivity contribution in [3.8, 4) is 0 Å². The van der Waals surface area contributed by atoms with Crippen LogP contribution in [0.3, 0.4) is 0 Å². The summed E-state index contributed by atoms with van der Waals surface area (Å²) in [6.45, 7) is 4.63. The van der Waals surface area contributed by atoms with Crippen LogP contribution in [-0.2, 0) is 15.3 Å². The first-order valence-electron chi connectivity index (χ1n) is 11.1. The second kappa shape index (κ2) is 8.23. The molecule has 2 saturated heterocycles. The third-order valence-corrected chi connectivity index (χ3v) is 6.70. The van der Waals surface area contributed by atoms with Crippen LogP contribution in [0.15, 0.2) is 60.7 Å². The second-order valence-corrected chi connectivity index (χ2v) is 8.53. The average Bonchev–Trinajstić information content (AvgIpc) is 3.30. The standard InChI is InChI=1S/C26H28FNO3/c1-18(29)25-23-5-3-2-4-19(23)6-11-24(25)28-14-12-21(13-15-28)26(30-16-17-31-26)20-7-9-22(27)10-8-20/h2-11,18,21,29H,12-17H2,1H3/t18-/m1/s1. The summed E-state index contributed by atoms with van der Waals surface area (Å²) in [4.78, 5) is 2.36. The summed E-state index contributed by atoms with van der Waals surface area (Å²) in [7, 11) is 0. The molecule has 0 radical (unpaired) electrons. The Balaban J connectivity index is 1.41. The van der Waals surface area contributed by atoms with Gasteiger partial charge in [-0.25, -0.2) is 4.39 Å². The Kier molecular flexibility index (Phi) is 5.42. The molecule has 2 aliphatic heterocycles. The predicted molar refractivity (Wildman–Crippen MR) is 120 cm³/mol. The van der Waals surface area contributed by atoms with Crippen LogP contribution in [0.25, 0.3) is 10.8 Å². The third-order valence-electron chi connectivity index (χ3n) is 6.70. The lowest BCUT2D eigenvalue weighted by atomic mass is 9.83. The van der Waals surface area contributed by atoms with Gasteiger partial charge in [-0.1, -0.05) is 42.5 Å². The highest BCUT2D eigenvalue weighted by atomic mass is 19.1. The maximum Gasteiger partial charge on any atom is 0.197 e. The molecule has 0 aliphatic carbocycles. The summed E-state index contributed by atoms with van der Waals surface area (Å²) in [5.74, 6) is -0.864.